The molecular weight excluding hydrogens is 220 g/mol. The number of primary amides is 1. The number of amides is 1. The van der Waals surface area contributed by atoms with Crippen molar-refractivity contribution in [3.05, 3.63) is 30.3 Å². The van der Waals surface area contributed by atoms with Crippen LogP contribution in [0.15, 0.2) is 23.4 Å². The van der Waals surface area contributed by atoms with Crippen molar-refractivity contribution in [1.29, 1.82) is 0 Å². The molecule has 0 saturated carbocycles. The van der Waals surface area contributed by atoms with Crippen molar-refractivity contribution in [3.8, 4) is 0 Å². The molecule has 0 aliphatic carbocycles. The summed E-state index contributed by atoms with van der Waals surface area (Å²) in [5.41, 5.74) is 5.15. The van der Waals surface area contributed by atoms with E-state index in [9.17, 15) is 13.2 Å². The number of carbonyl (C=O) groups is 1. The van der Waals surface area contributed by atoms with Crippen molar-refractivity contribution < 1.29 is 18.3 Å². The van der Waals surface area contributed by atoms with Crippen molar-refractivity contribution in [3.63, 3.8) is 0 Å². The fourth-order valence-electron chi connectivity index (χ4n) is 0.907. The lowest BCUT2D eigenvalue weighted by Crippen LogP contribution is -2.22. The van der Waals surface area contributed by atoms with Crippen LogP contribution in [0.2, 0.25) is 0 Å². The smallest absolute Gasteiger partial charge is 0.340 e. The number of pyridine rings is 1. The molecule has 0 fully saturated rings. The zero-order chi connectivity index (χ0) is 11.5. The SMILES string of the molecule is NC(=O)S(=O)(=O)c1cc([CH]CO)ccn1. The van der Waals surface area contributed by atoms with Crippen LogP contribution < -0.4 is 5.73 Å². The predicted molar refractivity (Wildman–Crippen MR) is 51.5 cm³/mol. The number of sulfone groups is 1. The Morgan fingerprint density at radius 3 is 2.80 bits per heavy atom. The minimum atomic E-state index is -4.19. The first-order valence-electron chi connectivity index (χ1n) is 3.93. The van der Waals surface area contributed by atoms with E-state index in [1.54, 1.807) is 0 Å². The number of aliphatic hydroxyl groups excluding tert-OH is 1. The van der Waals surface area contributed by atoms with Gasteiger partial charge in [0.05, 0.1) is 6.61 Å². The summed E-state index contributed by atoms with van der Waals surface area (Å²) in [7, 11) is -4.19. The third-order valence-corrected chi connectivity index (χ3v) is 2.93. The van der Waals surface area contributed by atoms with Gasteiger partial charge in [-0.3, -0.25) is 4.79 Å². The van der Waals surface area contributed by atoms with E-state index in [-0.39, 0.29) is 6.61 Å². The molecule has 1 rings (SSSR count). The quantitative estimate of drug-likeness (QED) is 0.724. The maximum atomic E-state index is 11.3. The standard InChI is InChI=1S/C8H9N2O4S/c9-8(12)15(13,14)7-5-6(2-4-11)1-3-10-7/h1-3,5,11H,4H2,(H2,9,12). The third-order valence-electron chi connectivity index (χ3n) is 1.63. The van der Waals surface area contributed by atoms with E-state index < -0.39 is 20.1 Å². The third kappa shape index (κ3) is 2.51. The van der Waals surface area contributed by atoms with E-state index in [0.717, 1.165) is 6.07 Å². The number of aliphatic hydroxyl groups is 1. The molecule has 1 amide bonds. The first-order valence-corrected chi connectivity index (χ1v) is 5.41. The van der Waals surface area contributed by atoms with Gasteiger partial charge in [-0.15, -0.1) is 0 Å². The van der Waals surface area contributed by atoms with Gasteiger partial charge in [0.2, 0.25) is 0 Å². The highest BCUT2D eigenvalue weighted by atomic mass is 32.2. The first-order chi connectivity index (χ1) is 6.98. The molecule has 3 N–H and O–H groups in total. The molecule has 15 heavy (non-hydrogen) atoms. The Labute approximate surface area is 86.7 Å². The summed E-state index contributed by atoms with van der Waals surface area (Å²) in [4.78, 5) is 14.1. The van der Waals surface area contributed by atoms with Crippen LogP contribution in [0.25, 0.3) is 0 Å². The van der Waals surface area contributed by atoms with Crippen LogP contribution in [0, 0.1) is 6.42 Å². The van der Waals surface area contributed by atoms with Crippen LogP contribution in [0.4, 0.5) is 4.79 Å². The molecule has 1 radical (unpaired) electrons. The van der Waals surface area contributed by atoms with Gasteiger partial charge in [-0.25, -0.2) is 13.4 Å². The fourth-order valence-corrected chi connectivity index (χ4v) is 1.60. The highest BCUT2D eigenvalue weighted by molar-refractivity contribution is 8.05. The number of rotatable bonds is 3. The van der Waals surface area contributed by atoms with Gasteiger partial charge in [-0.2, -0.15) is 0 Å². The van der Waals surface area contributed by atoms with Gasteiger partial charge in [0.15, 0.2) is 5.03 Å². The first kappa shape index (κ1) is 11.6. The van der Waals surface area contributed by atoms with Crippen molar-refractivity contribution in [1.82, 2.24) is 4.98 Å². The van der Waals surface area contributed by atoms with Gasteiger partial charge >= 0.3 is 5.24 Å². The summed E-state index contributed by atoms with van der Waals surface area (Å²) in [6.45, 7) is -0.236. The molecule has 0 saturated heterocycles. The summed E-state index contributed by atoms with van der Waals surface area (Å²) in [6.07, 6.45) is 2.60. The van der Waals surface area contributed by atoms with E-state index in [1.807, 2.05) is 0 Å². The Morgan fingerprint density at radius 2 is 2.27 bits per heavy atom. The van der Waals surface area contributed by atoms with E-state index in [0.29, 0.717) is 5.56 Å². The Morgan fingerprint density at radius 1 is 1.60 bits per heavy atom. The largest absolute Gasteiger partial charge is 0.396 e. The average Bonchev–Trinajstić information content (AvgIpc) is 2.18. The molecule has 0 aliphatic rings. The number of hydrogen-bond acceptors (Lipinski definition) is 5. The average molecular weight is 229 g/mol. The van der Waals surface area contributed by atoms with E-state index in [1.165, 1.54) is 18.7 Å². The molecular formula is C8H9N2O4S. The van der Waals surface area contributed by atoms with Crippen LogP contribution in [0.3, 0.4) is 0 Å². The fraction of sp³-hybridized carbons (Fsp3) is 0.125. The molecule has 6 nitrogen and oxygen atoms in total. The molecule has 0 spiro atoms. The van der Waals surface area contributed by atoms with Gasteiger partial charge in [-0.05, 0) is 17.7 Å². The van der Waals surface area contributed by atoms with Crippen LogP contribution in [-0.2, 0) is 9.84 Å². The highest BCUT2D eigenvalue weighted by Crippen LogP contribution is 2.11. The minimum Gasteiger partial charge on any atom is -0.396 e. The Kier molecular flexibility index (Phi) is 3.38. The number of nitrogens with zero attached hydrogens (tertiary/aromatic N) is 1. The Hall–Kier alpha value is -1.47. The van der Waals surface area contributed by atoms with Gasteiger partial charge in [0, 0.05) is 12.6 Å². The molecule has 0 bridgehead atoms. The molecule has 0 aromatic carbocycles. The summed E-state index contributed by atoms with van der Waals surface area (Å²) in [5.74, 6) is 0. The lowest BCUT2D eigenvalue weighted by Gasteiger charge is -2.01. The number of aromatic nitrogens is 1. The van der Waals surface area contributed by atoms with E-state index in [4.69, 9.17) is 10.8 Å². The van der Waals surface area contributed by atoms with Crippen molar-refractivity contribution in [2.45, 2.75) is 5.03 Å². The van der Waals surface area contributed by atoms with Gasteiger partial charge in [0.1, 0.15) is 0 Å². The summed E-state index contributed by atoms with van der Waals surface area (Å²) in [5, 5.41) is 6.74. The predicted octanol–water partition coefficient (Wildman–Crippen LogP) is -0.521. The second kappa shape index (κ2) is 4.37. The molecule has 1 aromatic heterocycles. The minimum absolute atomic E-state index is 0.236. The van der Waals surface area contributed by atoms with Crippen LogP contribution in [-0.4, -0.2) is 30.4 Å². The molecule has 0 unspecified atom stereocenters. The summed E-state index contributed by atoms with van der Waals surface area (Å²) in [6, 6.07) is 2.66. The summed E-state index contributed by atoms with van der Waals surface area (Å²) < 4.78 is 22.5. The van der Waals surface area contributed by atoms with Crippen LogP contribution in [0.5, 0.6) is 0 Å². The maximum Gasteiger partial charge on any atom is 0.340 e. The second-order valence-corrected chi connectivity index (χ2v) is 4.46. The molecule has 7 heteroatoms. The zero-order valence-electron chi connectivity index (χ0n) is 7.62. The van der Waals surface area contributed by atoms with Gasteiger partial charge in [-0.1, -0.05) is 0 Å². The molecule has 0 atom stereocenters. The van der Waals surface area contributed by atoms with Crippen LogP contribution >= 0.6 is 0 Å². The molecule has 0 aliphatic heterocycles. The van der Waals surface area contributed by atoms with Gasteiger partial charge < -0.3 is 10.8 Å². The summed E-state index contributed by atoms with van der Waals surface area (Å²) >= 11 is 0. The zero-order valence-corrected chi connectivity index (χ0v) is 8.44. The maximum absolute atomic E-state index is 11.3. The topological polar surface area (TPSA) is 110 Å². The normalized spacial score (nSPS) is 11.3. The van der Waals surface area contributed by atoms with Gasteiger partial charge in [0.25, 0.3) is 9.84 Å². The van der Waals surface area contributed by atoms with Crippen molar-refractivity contribution in [2.75, 3.05) is 6.61 Å². The number of carbonyl (C=O) groups excluding carboxylic acids is 1. The highest BCUT2D eigenvalue weighted by Gasteiger charge is 2.23. The molecule has 1 aromatic rings. The lowest BCUT2D eigenvalue weighted by atomic mass is 10.2. The Bertz CT molecular complexity index is 469. The van der Waals surface area contributed by atoms with Crippen LogP contribution in [0.1, 0.15) is 5.56 Å². The Balaban J connectivity index is 3.16. The number of hydrogen-bond donors (Lipinski definition) is 2. The van der Waals surface area contributed by atoms with Crippen molar-refractivity contribution in [2.24, 2.45) is 5.73 Å². The monoisotopic (exact) mass is 229 g/mol. The number of nitrogens with two attached hydrogens (primary N) is 1. The van der Waals surface area contributed by atoms with E-state index >= 15 is 0 Å². The molecule has 1 heterocycles. The van der Waals surface area contributed by atoms with E-state index in [2.05, 4.69) is 4.98 Å². The lowest BCUT2D eigenvalue weighted by molar-refractivity contribution is 0.265. The second-order valence-electron chi connectivity index (χ2n) is 2.64. The molecule has 81 valence electrons. The van der Waals surface area contributed by atoms with Crippen molar-refractivity contribution >= 4 is 15.1 Å².